The fourth-order valence-electron chi connectivity index (χ4n) is 5.84. The van der Waals surface area contributed by atoms with E-state index in [1.165, 1.54) is 25.8 Å². The molecule has 6 rings (SSSR count). The normalized spacial score (nSPS) is 22.2. The summed E-state index contributed by atoms with van der Waals surface area (Å²) in [6.07, 6.45) is 9.30. The fraction of sp³-hybridized carbons (Fsp3) is 0.346. The number of hydrogen-bond donors (Lipinski definition) is 1. The highest BCUT2D eigenvalue weighted by molar-refractivity contribution is 7.91. The molecule has 32 heavy (non-hydrogen) atoms. The highest BCUT2D eigenvalue weighted by Gasteiger charge is 2.36. The van der Waals surface area contributed by atoms with Crippen LogP contribution in [-0.4, -0.2) is 42.4 Å². The van der Waals surface area contributed by atoms with Gasteiger partial charge in [0.15, 0.2) is 0 Å². The van der Waals surface area contributed by atoms with Crippen molar-refractivity contribution < 1.29 is 8.42 Å². The molecule has 2 aromatic carbocycles. The van der Waals surface area contributed by atoms with Crippen LogP contribution >= 0.6 is 0 Å². The summed E-state index contributed by atoms with van der Waals surface area (Å²) in [4.78, 5) is 10.6. The van der Waals surface area contributed by atoms with Crippen molar-refractivity contribution >= 4 is 31.5 Å². The van der Waals surface area contributed by atoms with Gasteiger partial charge in [0.1, 0.15) is 5.03 Å². The van der Waals surface area contributed by atoms with Crippen LogP contribution in [0.5, 0.6) is 0 Å². The van der Waals surface area contributed by atoms with Crippen molar-refractivity contribution in [3.63, 3.8) is 0 Å². The van der Waals surface area contributed by atoms with Crippen LogP contribution in [0.1, 0.15) is 43.6 Å². The Hall–Kier alpha value is -2.70. The first kappa shape index (κ1) is 19.9. The van der Waals surface area contributed by atoms with Crippen LogP contribution < -0.4 is 0 Å². The maximum absolute atomic E-state index is 14.1. The van der Waals surface area contributed by atoms with Crippen molar-refractivity contribution in [1.82, 2.24) is 14.9 Å². The Balaban J connectivity index is 1.52. The quantitative estimate of drug-likeness (QED) is 0.466. The van der Waals surface area contributed by atoms with Crippen molar-refractivity contribution in [3.05, 3.63) is 66.5 Å². The van der Waals surface area contributed by atoms with E-state index in [0.717, 1.165) is 46.6 Å². The molecule has 164 valence electrons. The molecule has 0 radical (unpaired) electrons. The van der Waals surface area contributed by atoms with Crippen molar-refractivity contribution in [1.29, 1.82) is 0 Å². The molecule has 1 N–H and O–H groups in total. The molecule has 2 unspecified atom stereocenters. The summed E-state index contributed by atoms with van der Waals surface area (Å²) >= 11 is 0. The van der Waals surface area contributed by atoms with E-state index in [1.54, 1.807) is 12.3 Å². The maximum atomic E-state index is 14.1. The van der Waals surface area contributed by atoms with E-state index in [2.05, 4.69) is 14.9 Å². The molecule has 5 nitrogen and oxygen atoms in total. The van der Waals surface area contributed by atoms with Crippen LogP contribution in [0.4, 0.5) is 0 Å². The lowest BCUT2D eigenvalue weighted by atomic mass is 9.82. The summed E-state index contributed by atoms with van der Waals surface area (Å²) in [6.45, 7) is 2.21. The minimum atomic E-state index is -3.73. The second kappa shape index (κ2) is 7.71. The topological polar surface area (TPSA) is 66.1 Å². The number of pyridine rings is 1. The summed E-state index contributed by atoms with van der Waals surface area (Å²) in [5.41, 5.74) is 1.78. The van der Waals surface area contributed by atoms with Gasteiger partial charge >= 0.3 is 0 Å². The molecule has 2 aromatic heterocycles. The second-order valence-electron chi connectivity index (χ2n) is 9.18. The zero-order valence-corrected chi connectivity index (χ0v) is 18.8. The van der Waals surface area contributed by atoms with Crippen molar-refractivity contribution in [2.45, 2.75) is 54.0 Å². The molecule has 0 bridgehead atoms. The number of aromatic nitrogens is 2. The molecule has 0 amide bonds. The van der Waals surface area contributed by atoms with E-state index >= 15 is 0 Å². The lowest BCUT2D eigenvalue weighted by Gasteiger charge is -2.42. The van der Waals surface area contributed by atoms with Gasteiger partial charge in [-0.05, 0) is 62.2 Å². The molecule has 2 atom stereocenters. The van der Waals surface area contributed by atoms with E-state index < -0.39 is 9.84 Å². The highest BCUT2D eigenvalue weighted by Crippen LogP contribution is 2.43. The number of H-pyrrole nitrogens is 1. The van der Waals surface area contributed by atoms with Gasteiger partial charge < -0.3 is 9.88 Å². The van der Waals surface area contributed by atoms with Gasteiger partial charge in [-0.3, -0.25) is 4.98 Å². The molecule has 4 heterocycles. The summed E-state index contributed by atoms with van der Waals surface area (Å²) in [7, 11) is -3.73. The van der Waals surface area contributed by atoms with E-state index in [4.69, 9.17) is 0 Å². The lowest BCUT2D eigenvalue weighted by Crippen LogP contribution is -2.44. The number of nitrogens with zero attached hydrogens (tertiary/aromatic N) is 2. The van der Waals surface area contributed by atoms with Gasteiger partial charge in [-0.2, -0.15) is 0 Å². The predicted molar refractivity (Wildman–Crippen MR) is 127 cm³/mol. The summed E-state index contributed by atoms with van der Waals surface area (Å²) in [6, 6.07) is 15.7. The van der Waals surface area contributed by atoms with Crippen LogP contribution in [0.2, 0.25) is 0 Å². The van der Waals surface area contributed by atoms with Crippen LogP contribution in [0.25, 0.3) is 21.7 Å². The molecule has 0 saturated carbocycles. The van der Waals surface area contributed by atoms with Crippen LogP contribution in [0.3, 0.4) is 0 Å². The molecule has 0 spiro atoms. The predicted octanol–water partition coefficient (Wildman–Crippen LogP) is 5.28. The third kappa shape index (κ3) is 3.16. The minimum Gasteiger partial charge on any atom is -0.345 e. The number of aromatic amines is 1. The van der Waals surface area contributed by atoms with Crippen molar-refractivity contribution in [2.75, 3.05) is 13.1 Å². The van der Waals surface area contributed by atoms with Crippen LogP contribution in [-0.2, 0) is 9.84 Å². The third-order valence-electron chi connectivity index (χ3n) is 7.39. The Bertz CT molecular complexity index is 1400. The van der Waals surface area contributed by atoms with Gasteiger partial charge in [-0.25, -0.2) is 8.42 Å². The average molecular weight is 446 g/mol. The van der Waals surface area contributed by atoms with E-state index in [9.17, 15) is 8.42 Å². The fourth-order valence-corrected chi connectivity index (χ4v) is 7.60. The Morgan fingerprint density at radius 3 is 2.75 bits per heavy atom. The average Bonchev–Trinajstić information content (AvgIpc) is 3.24. The standard InChI is InChI=1S/C26H27N3O2S/c30-32(31,24-10-5-7-18-6-1-2-9-21(18)24)26-25(22-17-27-13-11-23(22)28-26)19-12-15-29-14-4-3-8-20(29)16-19/h1-2,5-7,9-11,13,17,19-20,28H,3-4,8,12,14-16H2. The van der Waals surface area contributed by atoms with Crippen LogP contribution in [0, 0.1) is 0 Å². The number of nitrogens with one attached hydrogen (secondary N) is 1. The molecule has 2 fully saturated rings. The molecule has 4 aromatic rings. The monoisotopic (exact) mass is 445 g/mol. The Morgan fingerprint density at radius 1 is 0.938 bits per heavy atom. The molecule has 6 heteroatoms. The van der Waals surface area contributed by atoms with E-state index in [-0.39, 0.29) is 5.92 Å². The molecule has 2 aliphatic heterocycles. The van der Waals surface area contributed by atoms with E-state index in [0.29, 0.717) is 16.0 Å². The summed E-state index contributed by atoms with van der Waals surface area (Å²) in [5.74, 6) is 0.215. The second-order valence-corrected chi connectivity index (χ2v) is 11.0. The lowest BCUT2D eigenvalue weighted by molar-refractivity contribution is 0.0972. The van der Waals surface area contributed by atoms with E-state index in [1.807, 2.05) is 48.7 Å². The van der Waals surface area contributed by atoms with Gasteiger partial charge in [0.2, 0.25) is 9.84 Å². The van der Waals surface area contributed by atoms with Gasteiger partial charge in [-0.15, -0.1) is 0 Å². The minimum absolute atomic E-state index is 0.215. The maximum Gasteiger partial charge on any atom is 0.222 e. The number of benzene rings is 2. The zero-order valence-electron chi connectivity index (χ0n) is 18.0. The molecule has 2 saturated heterocycles. The molecule has 2 aliphatic rings. The van der Waals surface area contributed by atoms with Gasteiger partial charge in [-0.1, -0.05) is 42.8 Å². The SMILES string of the molecule is O=S(=O)(c1[nH]c2ccncc2c1C1CCN2CCCCC2C1)c1cccc2ccccc12. The first-order valence-electron chi connectivity index (χ1n) is 11.6. The van der Waals surface area contributed by atoms with Crippen molar-refractivity contribution in [3.8, 4) is 0 Å². The van der Waals surface area contributed by atoms with Gasteiger partial charge in [0, 0.05) is 40.3 Å². The highest BCUT2D eigenvalue weighted by atomic mass is 32.2. The van der Waals surface area contributed by atoms with Crippen molar-refractivity contribution in [2.24, 2.45) is 0 Å². The summed E-state index contributed by atoms with van der Waals surface area (Å²) < 4.78 is 28.2. The Kier molecular flexibility index (Phi) is 4.81. The van der Waals surface area contributed by atoms with Gasteiger partial charge in [0.25, 0.3) is 0 Å². The number of sulfone groups is 1. The third-order valence-corrected chi connectivity index (χ3v) is 9.19. The first-order chi connectivity index (χ1) is 15.6. The van der Waals surface area contributed by atoms with Crippen LogP contribution in [0.15, 0.2) is 70.8 Å². The number of piperidine rings is 2. The Morgan fingerprint density at radius 2 is 1.81 bits per heavy atom. The molecule has 0 aliphatic carbocycles. The zero-order chi connectivity index (χ0) is 21.7. The number of rotatable bonds is 3. The van der Waals surface area contributed by atoms with Gasteiger partial charge in [0.05, 0.1) is 4.90 Å². The smallest absolute Gasteiger partial charge is 0.222 e. The number of hydrogen-bond acceptors (Lipinski definition) is 4. The number of fused-ring (bicyclic) bond motifs is 3. The largest absolute Gasteiger partial charge is 0.345 e. The summed E-state index contributed by atoms with van der Waals surface area (Å²) in [5, 5.41) is 3.00. The Labute approximate surface area is 188 Å². The molecular weight excluding hydrogens is 418 g/mol. The first-order valence-corrected chi connectivity index (χ1v) is 13.0. The molecular formula is C26H27N3O2S.